The molecule has 1 aromatic heterocycles. The first kappa shape index (κ1) is 13.8. The van der Waals surface area contributed by atoms with Crippen molar-refractivity contribution < 1.29 is 9.34 Å². The quantitative estimate of drug-likeness (QED) is 0.680. The first-order valence-electron chi connectivity index (χ1n) is 5.82. The van der Waals surface area contributed by atoms with Crippen LogP contribution < -0.4 is 5.73 Å². The predicted molar refractivity (Wildman–Crippen MR) is 75.7 cm³/mol. The molecule has 2 rings (SSSR count). The predicted octanol–water partition coefficient (Wildman–Crippen LogP) is 4.03. The fraction of sp³-hybridized carbons (Fsp3) is 0.231. The molecular formula is C13H13BrN2O3. The van der Waals surface area contributed by atoms with E-state index in [4.69, 9.17) is 10.2 Å². The van der Waals surface area contributed by atoms with Crippen molar-refractivity contribution in [3.63, 3.8) is 0 Å². The van der Waals surface area contributed by atoms with Crippen molar-refractivity contribution in [3.05, 3.63) is 50.7 Å². The van der Waals surface area contributed by atoms with Crippen LogP contribution in [0.2, 0.25) is 0 Å². The molecule has 6 heteroatoms. The number of hydrogen-bond donors (Lipinski definition) is 1. The van der Waals surface area contributed by atoms with E-state index in [-0.39, 0.29) is 11.7 Å². The zero-order valence-corrected chi connectivity index (χ0v) is 11.9. The van der Waals surface area contributed by atoms with Gasteiger partial charge in [-0.05, 0) is 46.6 Å². The summed E-state index contributed by atoms with van der Waals surface area (Å²) in [4.78, 5) is 10.5. The zero-order valence-electron chi connectivity index (χ0n) is 10.3. The molecule has 0 bridgehead atoms. The number of furan rings is 1. The van der Waals surface area contributed by atoms with E-state index in [0.717, 1.165) is 6.42 Å². The van der Waals surface area contributed by atoms with Crippen molar-refractivity contribution in [2.45, 2.75) is 19.4 Å². The minimum absolute atomic E-state index is 0.00948. The number of nitrogens with two attached hydrogens (primary N) is 1. The third-order valence-electron chi connectivity index (χ3n) is 2.86. The Bertz CT molecular complexity index is 610. The van der Waals surface area contributed by atoms with Gasteiger partial charge in [-0.25, -0.2) is 0 Å². The number of rotatable bonds is 4. The van der Waals surface area contributed by atoms with Crippen LogP contribution in [0.25, 0.3) is 11.3 Å². The zero-order chi connectivity index (χ0) is 14.0. The van der Waals surface area contributed by atoms with Gasteiger partial charge in [-0.2, -0.15) is 0 Å². The largest absolute Gasteiger partial charge is 0.459 e. The molecule has 0 amide bonds. The lowest BCUT2D eigenvalue weighted by molar-refractivity contribution is -0.385. The molecule has 5 nitrogen and oxygen atoms in total. The highest BCUT2D eigenvalue weighted by atomic mass is 79.9. The fourth-order valence-corrected chi connectivity index (χ4v) is 2.11. The van der Waals surface area contributed by atoms with Crippen LogP contribution in [0.15, 0.2) is 39.2 Å². The maximum Gasteiger partial charge on any atom is 0.284 e. The summed E-state index contributed by atoms with van der Waals surface area (Å²) in [6.45, 7) is 1.97. The normalized spacial score (nSPS) is 12.4. The Morgan fingerprint density at radius 3 is 2.79 bits per heavy atom. The maximum atomic E-state index is 10.9. The van der Waals surface area contributed by atoms with Crippen molar-refractivity contribution >= 4 is 21.6 Å². The molecule has 0 radical (unpaired) electrons. The average Bonchev–Trinajstić information content (AvgIpc) is 2.87. The van der Waals surface area contributed by atoms with Crippen LogP contribution in [0.1, 0.15) is 25.1 Å². The summed E-state index contributed by atoms with van der Waals surface area (Å²) in [5.74, 6) is 1.26. The van der Waals surface area contributed by atoms with E-state index in [1.807, 2.05) is 6.92 Å². The van der Waals surface area contributed by atoms with Gasteiger partial charge in [0.2, 0.25) is 0 Å². The second-order valence-electron chi connectivity index (χ2n) is 4.14. The van der Waals surface area contributed by atoms with Crippen molar-refractivity contribution in [2.75, 3.05) is 0 Å². The Labute approximate surface area is 118 Å². The number of nitro benzene ring substituents is 1. The Morgan fingerprint density at radius 1 is 1.42 bits per heavy atom. The molecule has 19 heavy (non-hydrogen) atoms. The minimum atomic E-state index is -0.435. The first-order chi connectivity index (χ1) is 9.02. The highest BCUT2D eigenvalue weighted by Crippen LogP contribution is 2.32. The number of halogens is 1. The van der Waals surface area contributed by atoms with E-state index < -0.39 is 4.92 Å². The molecule has 0 aliphatic rings. The summed E-state index contributed by atoms with van der Waals surface area (Å²) in [5.41, 5.74) is 6.54. The molecule has 1 atom stereocenters. The molecule has 2 aromatic rings. The Balaban J connectivity index is 2.39. The fourth-order valence-electron chi connectivity index (χ4n) is 1.71. The first-order valence-corrected chi connectivity index (χ1v) is 6.62. The topological polar surface area (TPSA) is 82.3 Å². The summed E-state index contributed by atoms with van der Waals surface area (Å²) < 4.78 is 6.08. The lowest BCUT2D eigenvalue weighted by Crippen LogP contribution is -2.06. The highest BCUT2D eigenvalue weighted by molar-refractivity contribution is 9.10. The average molecular weight is 325 g/mol. The third-order valence-corrected chi connectivity index (χ3v) is 3.53. The summed E-state index contributed by atoms with van der Waals surface area (Å²) in [5, 5.41) is 10.9. The van der Waals surface area contributed by atoms with Gasteiger partial charge < -0.3 is 10.2 Å². The Kier molecular flexibility index (Phi) is 4.01. The van der Waals surface area contributed by atoms with Crippen LogP contribution in [-0.2, 0) is 0 Å². The smallest absolute Gasteiger partial charge is 0.284 e. The minimum Gasteiger partial charge on any atom is -0.459 e. The number of nitro groups is 1. The van der Waals surface area contributed by atoms with E-state index in [9.17, 15) is 10.1 Å². The van der Waals surface area contributed by atoms with Gasteiger partial charge in [0, 0.05) is 11.6 Å². The molecule has 1 unspecified atom stereocenters. The van der Waals surface area contributed by atoms with E-state index in [0.29, 0.717) is 21.6 Å². The van der Waals surface area contributed by atoms with Gasteiger partial charge >= 0.3 is 0 Å². The SMILES string of the molecule is CCC(N)c1ccc(-c2ccc(Br)c([N+](=O)[O-])c2)o1. The standard InChI is InChI=1S/C13H13BrN2O3/c1-2-10(15)13-6-5-12(19-13)8-3-4-9(14)11(7-8)16(17)18/h3-7,10H,2,15H2,1H3. The molecule has 1 aromatic carbocycles. The molecule has 2 N–H and O–H groups in total. The van der Waals surface area contributed by atoms with Gasteiger partial charge in [0.1, 0.15) is 11.5 Å². The van der Waals surface area contributed by atoms with Crippen LogP contribution in [0, 0.1) is 10.1 Å². The van der Waals surface area contributed by atoms with Crippen molar-refractivity contribution in [1.82, 2.24) is 0 Å². The lowest BCUT2D eigenvalue weighted by atomic mass is 10.1. The summed E-state index contributed by atoms with van der Waals surface area (Å²) >= 11 is 3.15. The summed E-state index contributed by atoms with van der Waals surface area (Å²) in [7, 11) is 0. The van der Waals surface area contributed by atoms with Gasteiger partial charge in [-0.1, -0.05) is 6.92 Å². The van der Waals surface area contributed by atoms with Crippen LogP contribution in [0.5, 0.6) is 0 Å². The second-order valence-corrected chi connectivity index (χ2v) is 4.99. The van der Waals surface area contributed by atoms with E-state index in [1.54, 1.807) is 24.3 Å². The lowest BCUT2D eigenvalue weighted by Gasteiger charge is -2.04. The number of benzene rings is 1. The van der Waals surface area contributed by atoms with Gasteiger partial charge in [0.15, 0.2) is 0 Å². The number of nitrogens with zero attached hydrogens (tertiary/aromatic N) is 1. The molecular weight excluding hydrogens is 312 g/mol. The molecule has 0 aliphatic heterocycles. The Hall–Kier alpha value is -1.66. The summed E-state index contributed by atoms with van der Waals surface area (Å²) in [6.07, 6.45) is 0.771. The number of hydrogen-bond acceptors (Lipinski definition) is 4. The van der Waals surface area contributed by atoms with Gasteiger partial charge in [0.05, 0.1) is 15.4 Å². The van der Waals surface area contributed by atoms with Crippen LogP contribution >= 0.6 is 15.9 Å². The maximum absolute atomic E-state index is 10.9. The van der Waals surface area contributed by atoms with Crippen molar-refractivity contribution in [2.24, 2.45) is 5.73 Å². The van der Waals surface area contributed by atoms with E-state index in [2.05, 4.69) is 15.9 Å². The molecule has 100 valence electrons. The molecule has 0 fully saturated rings. The molecule has 0 saturated carbocycles. The van der Waals surface area contributed by atoms with Crippen LogP contribution in [0.4, 0.5) is 5.69 Å². The van der Waals surface area contributed by atoms with E-state index >= 15 is 0 Å². The monoisotopic (exact) mass is 324 g/mol. The van der Waals surface area contributed by atoms with Crippen molar-refractivity contribution in [3.8, 4) is 11.3 Å². The Morgan fingerprint density at radius 2 is 2.16 bits per heavy atom. The van der Waals surface area contributed by atoms with E-state index in [1.165, 1.54) is 6.07 Å². The van der Waals surface area contributed by atoms with Crippen LogP contribution in [-0.4, -0.2) is 4.92 Å². The van der Waals surface area contributed by atoms with Crippen molar-refractivity contribution in [1.29, 1.82) is 0 Å². The molecule has 0 spiro atoms. The third kappa shape index (κ3) is 2.85. The van der Waals surface area contributed by atoms with Gasteiger partial charge in [-0.3, -0.25) is 10.1 Å². The van der Waals surface area contributed by atoms with Crippen LogP contribution in [0.3, 0.4) is 0 Å². The summed E-state index contributed by atoms with van der Waals surface area (Å²) in [6, 6.07) is 8.30. The van der Waals surface area contributed by atoms with Gasteiger partial charge in [0.25, 0.3) is 5.69 Å². The highest BCUT2D eigenvalue weighted by Gasteiger charge is 2.16. The van der Waals surface area contributed by atoms with Gasteiger partial charge in [-0.15, -0.1) is 0 Å². The molecule has 0 saturated heterocycles. The molecule has 1 heterocycles. The second kappa shape index (κ2) is 5.54. The molecule has 0 aliphatic carbocycles.